The Bertz CT molecular complexity index is 975. The van der Waals surface area contributed by atoms with Crippen molar-refractivity contribution in [3.05, 3.63) is 34.6 Å². The van der Waals surface area contributed by atoms with E-state index in [1.165, 1.54) is 12.1 Å². The topological polar surface area (TPSA) is 93.1 Å². The number of hydrogen-bond acceptors (Lipinski definition) is 4. The first-order valence-corrected chi connectivity index (χ1v) is 10.4. The molecule has 1 aromatic heterocycles. The predicted octanol–water partition coefficient (Wildman–Crippen LogP) is 4.06. The number of amides is 1. The molecule has 148 valence electrons. The predicted molar refractivity (Wildman–Crippen MR) is 108 cm³/mol. The monoisotopic (exact) mass is 412 g/mol. The molecule has 1 aromatic carbocycles. The maximum Gasteiger partial charge on any atom is 0.265 e. The summed E-state index contributed by atoms with van der Waals surface area (Å²) in [6.45, 7) is 11.0. The van der Waals surface area contributed by atoms with Crippen molar-refractivity contribution in [1.29, 1.82) is 0 Å². The summed E-state index contributed by atoms with van der Waals surface area (Å²) in [5.74, 6) is -0.177. The van der Waals surface area contributed by atoms with Crippen molar-refractivity contribution in [3.8, 4) is 0 Å². The molecule has 0 saturated carbocycles. The Balaban J connectivity index is 2.44. The molecule has 2 rings (SSSR count). The number of halogens is 1. The molecule has 1 amide bonds. The lowest BCUT2D eigenvalue weighted by molar-refractivity contribution is -0.115. The number of carbonyl (C=O) groups is 1. The summed E-state index contributed by atoms with van der Waals surface area (Å²) in [6, 6.07) is 4.64. The van der Waals surface area contributed by atoms with Crippen molar-refractivity contribution in [2.75, 3.05) is 10.0 Å². The zero-order valence-electron chi connectivity index (χ0n) is 16.3. The van der Waals surface area contributed by atoms with Crippen LogP contribution in [0.15, 0.2) is 23.1 Å². The number of benzene rings is 1. The SMILES string of the molecule is CCC(=O)Nc1ccc(Cl)c(NS(=O)(=O)c2c(C)nn(C(C)(C)C)c2C)c1. The largest absolute Gasteiger partial charge is 0.326 e. The number of carbonyl (C=O) groups excluding carboxylic acids is 1. The molecule has 1 heterocycles. The summed E-state index contributed by atoms with van der Waals surface area (Å²) >= 11 is 6.16. The fraction of sp³-hybridized carbons (Fsp3) is 0.444. The molecule has 0 radical (unpaired) electrons. The molecule has 0 aliphatic carbocycles. The van der Waals surface area contributed by atoms with Gasteiger partial charge in [0.15, 0.2) is 0 Å². The Morgan fingerprint density at radius 2 is 1.89 bits per heavy atom. The Kier molecular flexibility index (Phi) is 5.91. The van der Waals surface area contributed by atoms with E-state index >= 15 is 0 Å². The lowest BCUT2D eigenvalue weighted by Crippen LogP contribution is -2.25. The van der Waals surface area contributed by atoms with E-state index in [-0.39, 0.29) is 27.1 Å². The van der Waals surface area contributed by atoms with Gasteiger partial charge in [-0.05, 0) is 52.8 Å². The van der Waals surface area contributed by atoms with Crippen LogP contribution in [0.1, 0.15) is 45.5 Å². The lowest BCUT2D eigenvalue weighted by Gasteiger charge is -2.21. The van der Waals surface area contributed by atoms with Crippen LogP contribution in [-0.4, -0.2) is 24.1 Å². The van der Waals surface area contributed by atoms with Crippen molar-refractivity contribution in [1.82, 2.24) is 9.78 Å². The second-order valence-electron chi connectivity index (χ2n) is 7.28. The second-order valence-corrected chi connectivity index (χ2v) is 9.31. The minimum atomic E-state index is -3.92. The van der Waals surface area contributed by atoms with Gasteiger partial charge in [0.2, 0.25) is 5.91 Å². The molecule has 0 spiro atoms. The van der Waals surface area contributed by atoms with Crippen molar-refractivity contribution >= 4 is 38.9 Å². The van der Waals surface area contributed by atoms with E-state index < -0.39 is 10.0 Å². The zero-order valence-corrected chi connectivity index (χ0v) is 17.9. The van der Waals surface area contributed by atoms with Crippen LogP contribution < -0.4 is 10.0 Å². The van der Waals surface area contributed by atoms with Gasteiger partial charge in [-0.3, -0.25) is 14.2 Å². The molecule has 27 heavy (non-hydrogen) atoms. The fourth-order valence-corrected chi connectivity index (χ4v) is 4.48. The van der Waals surface area contributed by atoms with Gasteiger partial charge >= 0.3 is 0 Å². The maximum atomic E-state index is 13.0. The summed E-state index contributed by atoms with van der Waals surface area (Å²) in [4.78, 5) is 11.7. The molecule has 0 aliphatic rings. The average molecular weight is 413 g/mol. The van der Waals surface area contributed by atoms with Crippen LogP contribution in [0.4, 0.5) is 11.4 Å². The van der Waals surface area contributed by atoms with Crippen LogP contribution in [0.2, 0.25) is 5.02 Å². The number of aromatic nitrogens is 2. The van der Waals surface area contributed by atoms with Crippen LogP contribution in [0, 0.1) is 13.8 Å². The first-order valence-electron chi connectivity index (χ1n) is 8.55. The van der Waals surface area contributed by atoms with E-state index in [2.05, 4.69) is 15.1 Å². The van der Waals surface area contributed by atoms with Crippen molar-refractivity contribution in [2.45, 2.75) is 58.4 Å². The summed E-state index contributed by atoms with van der Waals surface area (Å²) in [7, 11) is -3.92. The molecule has 7 nitrogen and oxygen atoms in total. The highest BCUT2D eigenvalue weighted by Crippen LogP contribution is 2.31. The van der Waals surface area contributed by atoms with E-state index in [9.17, 15) is 13.2 Å². The number of hydrogen-bond donors (Lipinski definition) is 2. The second kappa shape index (κ2) is 7.52. The zero-order chi connectivity index (χ0) is 20.6. The molecular formula is C18H25ClN4O3S. The standard InChI is InChI=1S/C18H25ClN4O3S/c1-7-16(24)20-13-8-9-14(19)15(10-13)22-27(25,26)17-11(2)21-23(12(17)3)18(4,5)6/h8-10,22H,7H2,1-6H3,(H,20,24). The Labute approximate surface area is 165 Å². The van der Waals surface area contributed by atoms with Gasteiger partial charge in [0.05, 0.1) is 27.6 Å². The number of aryl methyl sites for hydroxylation is 1. The lowest BCUT2D eigenvalue weighted by atomic mass is 10.1. The minimum Gasteiger partial charge on any atom is -0.326 e. The highest BCUT2D eigenvalue weighted by molar-refractivity contribution is 7.92. The third-order valence-corrected chi connectivity index (χ3v) is 5.89. The molecule has 0 atom stereocenters. The van der Waals surface area contributed by atoms with E-state index in [0.717, 1.165) is 0 Å². The van der Waals surface area contributed by atoms with Crippen molar-refractivity contribution in [2.24, 2.45) is 0 Å². The Morgan fingerprint density at radius 1 is 1.26 bits per heavy atom. The molecule has 0 aliphatic heterocycles. The molecule has 9 heteroatoms. The molecule has 0 saturated heterocycles. The molecule has 0 unspecified atom stereocenters. The van der Waals surface area contributed by atoms with Gasteiger partial charge in [-0.2, -0.15) is 5.10 Å². The van der Waals surface area contributed by atoms with Gasteiger partial charge < -0.3 is 5.32 Å². The van der Waals surface area contributed by atoms with Crippen LogP contribution in [0.25, 0.3) is 0 Å². The van der Waals surface area contributed by atoms with Crippen molar-refractivity contribution in [3.63, 3.8) is 0 Å². The molecule has 0 bridgehead atoms. The third kappa shape index (κ3) is 4.62. The van der Waals surface area contributed by atoms with Crippen LogP contribution >= 0.6 is 11.6 Å². The normalized spacial score (nSPS) is 12.1. The number of rotatable bonds is 5. The van der Waals surface area contributed by atoms with Crippen LogP contribution in [0.3, 0.4) is 0 Å². The Morgan fingerprint density at radius 3 is 2.41 bits per heavy atom. The molecular weight excluding hydrogens is 388 g/mol. The number of sulfonamides is 1. The van der Waals surface area contributed by atoms with Crippen LogP contribution in [-0.2, 0) is 20.4 Å². The first kappa shape index (κ1) is 21.2. The first-order chi connectivity index (χ1) is 12.4. The summed E-state index contributed by atoms with van der Waals surface area (Å²) in [6.07, 6.45) is 0.314. The number of nitrogens with one attached hydrogen (secondary N) is 2. The third-order valence-electron chi connectivity index (χ3n) is 3.94. The van der Waals surface area contributed by atoms with E-state index in [1.807, 2.05) is 20.8 Å². The van der Waals surface area contributed by atoms with Gasteiger partial charge in [-0.25, -0.2) is 8.42 Å². The molecule has 2 aromatic rings. The van der Waals surface area contributed by atoms with Crippen LogP contribution in [0.5, 0.6) is 0 Å². The quantitative estimate of drug-likeness (QED) is 0.774. The highest BCUT2D eigenvalue weighted by atomic mass is 35.5. The molecule has 2 N–H and O–H groups in total. The minimum absolute atomic E-state index is 0.122. The highest BCUT2D eigenvalue weighted by Gasteiger charge is 2.29. The van der Waals surface area contributed by atoms with Gasteiger partial charge in [0.25, 0.3) is 10.0 Å². The van der Waals surface area contributed by atoms with E-state index in [1.54, 1.807) is 31.5 Å². The van der Waals surface area contributed by atoms with Gasteiger partial charge in [0.1, 0.15) is 4.90 Å². The van der Waals surface area contributed by atoms with Gasteiger partial charge in [-0.1, -0.05) is 18.5 Å². The van der Waals surface area contributed by atoms with Crippen molar-refractivity contribution < 1.29 is 13.2 Å². The van der Waals surface area contributed by atoms with Gasteiger partial charge in [0, 0.05) is 12.1 Å². The number of anilines is 2. The summed E-state index contributed by atoms with van der Waals surface area (Å²) < 4.78 is 30.2. The number of nitrogens with zero attached hydrogens (tertiary/aromatic N) is 2. The molecule has 0 fully saturated rings. The van der Waals surface area contributed by atoms with Gasteiger partial charge in [-0.15, -0.1) is 0 Å². The smallest absolute Gasteiger partial charge is 0.265 e. The maximum absolute atomic E-state index is 13.0. The Hall–Kier alpha value is -2.06. The summed E-state index contributed by atoms with van der Waals surface area (Å²) in [5, 5.41) is 7.30. The summed E-state index contributed by atoms with van der Waals surface area (Å²) in [5.41, 5.74) is 1.24. The van der Waals surface area contributed by atoms with E-state index in [4.69, 9.17) is 11.6 Å². The fourth-order valence-electron chi connectivity index (χ4n) is 2.80. The van der Waals surface area contributed by atoms with E-state index in [0.29, 0.717) is 23.5 Å². The average Bonchev–Trinajstić information content (AvgIpc) is 2.85.